The smallest absolute Gasteiger partial charge is 0.397 e. The number of rotatable bonds is 1. The minimum Gasteiger partial charge on any atom is -0.397 e. The van der Waals surface area contributed by atoms with E-state index in [-0.39, 0.29) is 11.5 Å². The minimum atomic E-state index is -3.62. The first-order valence-corrected chi connectivity index (χ1v) is 4.88. The molecule has 0 amide bonds. The van der Waals surface area contributed by atoms with Gasteiger partial charge in [-0.05, 0) is 6.07 Å². The highest BCUT2D eigenvalue weighted by atomic mass is 19.3. The molecule has 0 saturated carbocycles. The Hall–Kier alpha value is -2.24. The number of hydrogen-bond acceptors (Lipinski definition) is 3. The van der Waals surface area contributed by atoms with E-state index in [0.29, 0.717) is 16.8 Å². The molecule has 1 aromatic heterocycles. The first-order chi connectivity index (χ1) is 8.07. The molecule has 0 atom stereocenters. The molecule has 0 saturated heterocycles. The fourth-order valence-electron chi connectivity index (χ4n) is 1.79. The Kier molecular flexibility index (Phi) is 1.83. The van der Waals surface area contributed by atoms with Gasteiger partial charge in [-0.15, -0.1) is 8.78 Å². The van der Waals surface area contributed by atoms with Crippen LogP contribution in [0.25, 0.3) is 11.1 Å². The van der Waals surface area contributed by atoms with E-state index >= 15 is 0 Å². The molecule has 2 heterocycles. The van der Waals surface area contributed by atoms with E-state index < -0.39 is 6.29 Å². The van der Waals surface area contributed by atoms with Crippen molar-refractivity contribution in [3.05, 3.63) is 30.6 Å². The zero-order valence-electron chi connectivity index (χ0n) is 8.54. The standard InChI is InChI=1S/C11H8F2N2O2/c12-11(13)16-9-3-1-2-6(10(9)17-11)7-4-15-5-8(7)14/h1-5,15H,14H2. The lowest BCUT2D eigenvalue weighted by atomic mass is 10.1. The zero-order valence-corrected chi connectivity index (χ0v) is 8.54. The van der Waals surface area contributed by atoms with E-state index in [1.165, 1.54) is 6.07 Å². The van der Waals surface area contributed by atoms with Gasteiger partial charge >= 0.3 is 6.29 Å². The number of nitrogens with two attached hydrogens (primary N) is 1. The third-order valence-corrected chi connectivity index (χ3v) is 2.50. The number of fused-ring (bicyclic) bond motifs is 1. The molecule has 1 aliphatic rings. The molecule has 0 aliphatic carbocycles. The molecule has 88 valence electrons. The number of aromatic amines is 1. The number of benzene rings is 1. The number of anilines is 1. The lowest BCUT2D eigenvalue weighted by Gasteiger charge is -2.06. The highest BCUT2D eigenvalue weighted by Crippen LogP contribution is 2.47. The SMILES string of the molecule is Nc1c[nH]cc1-c1cccc2c1OC(F)(F)O2. The zero-order chi connectivity index (χ0) is 12.0. The largest absolute Gasteiger partial charge is 0.586 e. The van der Waals surface area contributed by atoms with Crippen LogP contribution in [-0.2, 0) is 0 Å². The van der Waals surface area contributed by atoms with Crippen molar-refractivity contribution >= 4 is 5.69 Å². The normalized spacial score (nSPS) is 16.1. The molecule has 0 bridgehead atoms. The molecule has 0 fully saturated rings. The summed E-state index contributed by atoms with van der Waals surface area (Å²) in [6.45, 7) is 0. The average Bonchev–Trinajstić information content (AvgIpc) is 2.78. The second kappa shape index (κ2) is 3.13. The Morgan fingerprint density at radius 2 is 1.94 bits per heavy atom. The summed E-state index contributed by atoms with van der Waals surface area (Å²) in [5.41, 5.74) is 7.25. The predicted molar refractivity (Wildman–Crippen MR) is 56.8 cm³/mol. The maximum Gasteiger partial charge on any atom is 0.586 e. The number of nitrogens with one attached hydrogen (secondary N) is 1. The maximum absolute atomic E-state index is 13.0. The molecule has 4 nitrogen and oxygen atoms in total. The van der Waals surface area contributed by atoms with Crippen LogP contribution in [0.3, 0.4) is 0 Å². The Labute approximate surface area is 95.0 Å². The van der Waals surface area contributed by atoms with Crippen molar-refractivity contribution < 1.29 is 18.3 Å². The van der Waals surface area contributed by atoms with Crippen LogP contribution < -0.4 is 15.2 Å². The van der Waals surface area contributed by atoms with Gasteiger partial charge in [-0.25, -0.2) is 0 Å². The van der Waals surface area contributed by atoms with Crippen molar-refractivity contribution in [2.24, 2.45) is 0 Å². The van der Waals surface area contributed by atoms with Gasteiger partial charge in [0.1, 0.15) is 0 Å². The summed E-state index contributed by atoms with van der Waals surface area (Å²) in [5.74, 6) is 0.0110. The molecular formula is C11H8F2N2O2. The van der Waals surface area contributed by atoms with Crippen molar-refractivity contribution in [2.45, 2.75) is 6.29 Å². The summed E-state index contributed by atoms with van der Waals surface area (Å²) in [6.07, 6.45) is -0.434. The highest BCUT2D eigenvalue weighted by molar-refractivity contribution is 5.82. The molecule has 0 radical (unpaired) electrons. The fourth-order valence-corrected chi connectivity index (χ4v) is 1.79. The lowest BCUT2D eigenvalue weighted by Crippen LogP contribution is -2.26. The van der Waals surface area contributed by atoms with Crippen LogP contribution in [-0.4, -0.2) is 11.3 Å². The van der Waals surface area contributed by atoms with Gasteiger partial charge in [-0.3, -0.25) is 0 Å². The number of hydrogen-bond donors (Lipinski definition) is 2. The third kappa shape index (κ3) is 1.49. The van der Waals surface area contributed by atoms with Crippen molar-refractivity contribution in [1.82, 2.24) is 4.98 Å². The number of H-pyrrole nitrogens is 1. The van der Waals surface area contributed by atoms with Gasteiger partial charge in [0.15, 0.2) is 11.5 Å². The number of ether oxygens (including phenoxy) is 2. The molecule has 17 heavy (non-hydrogen) atoms. The first-order valence-electron chi connectivity index (χ1n) is 4.88. The summed E-state index contributed by atoms with van der Waals surface area (Å²) in [7, 11) is 0. The van der Waals surface area contributed by atoms with Crippen LogP contribution in [0.15, 0.2) is 30.6 Å². The topological polar surface area (TPSA) is 60.3 Å². The number of halogens is 2. The molecule has 2 aromatic rings. The van der Waals surface area contributed by atoms with E-state index in [1.807, 2.05) is 0 Å². The van der Waals surface area contributed by atoms with Gasteiger partial charge < -0.3 is 20.2 Å². The molecule has 0 unspecified atom stereocenters. The summed E-state index contributed by atoms with van der Waals surface area (Å²) in [6, 6.07) is 4.66. The molecule has 3 rings (SSSR count). The molecule has 3 N–H and O–H groups in total. The van der Waals surface area contributed by atoms with Crippen molar-refractivity contribution in [1.29, 1.82) is 0 Å². The minimum absolute atomic E-state index is 0.00352. The fraction of sp³-hybridized carbons (Fsp3) is 0.0909. The van der Waals surface area contributed by atoms with Gasteiger partial charge in [0.25, 0.3) is 0 Å². The quantitative estimate of drug-likeness (QED) is 0.802. The van der Waals surface area contributed by atoms with Gasteiger partial charge in [0, 0.05) is 23.5 Å². The number of para-hydroxylation sites is 1. The monoisotopic (exact) mass is 238 g/mol. The van der Waals surface area contributed by atoms with E-state index in [4.69, 9.17) is 5.73 Å². The van der Waals surface area contributed by atoms with Gasteiger partial charge in [-0.1, -0.05) is 12.1 Å². The molecule has 0 spiro atoms. The summed E-state index contributed by atoms with van der Waals surface area (Å²) in [4.78, 5) is 2.80. The third-order valence-electron chi connectivity index (χ3n) is 2.50. The second-order valence-corrected chi connectivity index (χ2v) is 3.62. The first kappa shape index (κ1) is 9.95. The summed E-state index contributed by atoms with van der Waals surface area (Å²) in [5, 5.41) is 0. The van der Waals surface area contributed by atoms with Crippen LogP contribution in [0, 0.1) is 0 Å². The van der Waals surface area contributed by atoms with Crippen LogP contribution in [0.2, 0.25) is 0 Å². The summed E-state index contributed by atoms with van der Waals surface area (Å²) < 4.78 is 34.8. The predicted octanol–water partition coefficient (Wildman–Crippen LogP) is 2.59. The second-order valence-electron chi connectivity index (χ2n) is 3.62. The summed E-state index contributed by atoms with van der Waals surface area (Å²) >= 11 is 0. The van der Waals surface area contributed by atoms with Crippen molar-refractivity contribution in [3.8, 4) is 22.6 Å². The number of nitrogen functional groups attached to an aromatic ring is 1. The highest BCUT2D eigenvalue weighted by Gasteiger charge is 2.44. The Morgan fingerprint density at radius 1 is 1.12 bits per heavy atom. The van der Waals surface area contributed by atoms with Gasteiger partial charge in [0.05, 0.1) is 5.69 Å². The van der Waals surface area contributed by atoms with E-state index in [2.05, 4.69) is 14.5 Å². The van der Waals surface area contributed by atoms with Crippen molar-refractivity contribution in [3.63, 3.8) is 0 Å². The van der Waals surface area contributed by atoms with E-state index in [0.717, 1.165) is 0 Å². The molecular weight excluding hydrogens is 230 g/mol. The average molecular weight is 238 g/mol. The molecule has 1 aliphatic heterocycles. The van der Waals surface area contributed by atoms with E-state index in [1.54, 1.807) is 24.5 Å². The van der Waals surface area contributed by atoms with Gasteiger partial charge in [0.2, 0.25) is 0 Å². The number of alkyl halides is 2. The Bertz CT molecular complexity index is 581. The van der Waals surface area contributed by atoms with Crippen LogP contribution in [0.5, 0.6) is 11.5 Å². The molecule has 6 heteroatoms. The van der Waals surface area contributed by atoms with E-state index in [9.17, 15) is 8.78 Å². The van der Waals surface area contributed by atoms with Crippen LogP contribution in [0.4, 0.5) is 14.5 Å². The van der Waals surface area contributed by atoms with Gasteiger partial charge in [-0.2, -0.15) is 0 Å². The van der Waals surface area contributed by atoms with Crippen molar-refractivity contribution in [2.75, 3.05) is 5.73 Å². The Morgan fingerprint density at radius 3 is 2.65 bits per heavy atom. The Balaban J connectivity index is 2.16. The number of aromatic nitrogens is 1. The maximum atomic E-state index is 13.0. The lowest BCUT2D eigenvalue weighted by molar-refractivity contribution is -0.286. The van der Waals surface area contributed by atoms with Crippen LogP contribution >= 0.6 is 0 Å². The van der Waals surface area contributed by atoms with Crippen LogP contribution in [0.1, 0.15) is 0 Å². The molecule has 1 aromatic carbocycles.